The van der Waals surface area contributed by atoms with Crippen LogP contribution in [0.5, 0.6) is 5.75 Å². The van der Waals surface area contributed by atoms with Crippen LogP contribution < -0.4 is 15.4 Å². The Balaban J connectivity index is 1.18. The van der Waals surface area contributed by atoms with Gasteiger partial charge >= 0.3 is 0 Å². The molecule has 4 amide bonds. The number of piperidine rings is 1. The summed E-state index contributed by atoms with van der Waals surface area (Å²) in [6, 6.07) is 18.3. The summed E-state index contributed by atoms with van der Waals surface area (Å²) in [6.07, 6.45) is 3.54. The van der Waals surface area contributed by atoms with Gasteiger partial charge in [-0.05, 0) is 73.5 Å². The molecule has 2 atom stereocenters. The van der Waals surface area contributed by atoms with Crippen LogP contribution in [-0.2, 0) is 16.1 Å². The number of anilines is 1. The van der Waals surface area contributed by atoms with Crippen LogP contribution in [0.3, 0.4) is 0 Å². The topological polar surface area (TPSA) is 130 Å². The SMILES string of the molecule is CCCCC(Cl)COc1ccc(N=Nc2ccc(C(=O)Nc3cccc4c3CN(C3CCC(=O)NC3=O)C4=O)cc2)cc1. The summed E-state index contributed by atoms with van der Waals surface area (Å²) in [7, 11) is 0. The number of hydrogen-bond donors (Lipinski definition) is 2. The Kier molecular flexibility index (Phi) is 9.46. The molecule has 10 nitrogen and oxygen atoms in total. The van der Waals surface area contributed by atoms with Gasteiger partial charge in [-0.25, -0.2) is 0 Å². The summed E-state index contributed by atoms with van der Waals surface area (Å²) in [5.74, 6) is -0.765. The number of benzene rings is 3. The second-order valence-corrected chi connectivity index (χ2v) is 11.1. The molecular formula is C32H32ClN5O5. The molecule has 0 radical (unpaired) electrons. The zero-order valence-corrected chi connectivity index (χ0v) is 24.5. The van der Waals surface area contributed by atoms with Crippen molar-refractivity contribution in [3.63, 3.8) is 0 Å². The van der Waals surface area contributed by atoms with Crippen LogP contribution in [0.2, 0.25) is 0 Å². The van der Waals surface area contributed by atoms with Crippen molar-refractivity contribution in [2.45, 2.75) is 57.0 Å². The highest BCUT2D eigenvalue weighted by Gasteiger charge is 2.40. The minimum Gasteiger partial charge on any atom is -0.492 e. The molecule has 3 aromatic rings. The molecule has 0 bridgehead atoms. The van der Waals surface area contributed by atoms with Crippen LogP contribution in [0.25, 0.3) is 0 Å². The highest BCUT2D eigenvalue weighted by Crippen LogP contribution is 2.32. The van der Waals surface area contributed by atoms with Gasteiger partial charge in [0.2, 0.25) is 11.8 Å². The molecule has 2 aliphatic rings. The van der Waals surface area contributed by atoms with E-state index in [1.54, 1.807) is 54.6 Å². The van der Waals surface area contributed by atoms with E-state index in [0.717, 1.165) is 19.3 Å². The summed E-state index contributed by atoms with van der Waals surface area (Å²) in [5, 5.41) is 13.7. The number of amides is 4. The van der Waals surface area contributed by atoms with E-state index in [9.17, 15) is 19.2 Å². The van der Waals surface area contributed by atoms with Crippen LogP contribution in [-0.4, -0.2) is 46.6 Å². The summed E-state index contributed by atoms with van der Waals surface area (Å²) in [5.41, 5.74) is 3.18. The quantitative estimate of drug-likeness (QED) is 0.151. The molecule has 2 unspecified atom stereocenters. The van der Waals surface area contributed by atoms with Crippen molar-refractivity contribution in [2.24, 2.45) is 10.2 Å². The van der Waals surface area contributed by atoms with Gasteiger partial charge in [0.1, 0.15) is 18.4 Å². The molecule has 2 heterocycles. The number of halogens is 1. The largest absolute Gasteiger partial charge is 0.492 e. The number of hydrogen-bond acceptors (Lipinski definition) is 7. The van der Waals surface area contributed by atoms with E-state index in [2.05, 4.69) is 27.8 Å². The van der Waals surface area contributed by atoms with Crippen molar-refractivity contribution in [1.82, 2.24) is 10.2 Å². The fourth-order valence-corrected chi connectivity index (χ4v) is 5.21. The third-order valence-corrected chi connectivity index (χ3v) is 7.72. The van der Waals surface area contributed by atoms with E-state index < -0.39 is 11.9 Å². The highest BCUT2D eigenvalue weighted by molar-refractivity contribution is 6.20. The van der Waals surface area contributed by atoms with Gasteiger partial charge in [-0.2, -0.15) is 10.2 Å². The van der Waals surface area contributed by atoms with Gasteiger partial charge in [-0.1, -0.05) is 25.8 Å². The lowest BCUT2D eigenvalue weighted by atomic mass is 10.0. The third-order valence-electron chi connectivity index (χ3n) is 7.38. The number of fused-ring (bicyclic) bond motifs is 1. The number of azo groups is 1. The molecular weight excluding hydrogens is 570 g/mol. The Labute approximate surface area is 254 Å². The number of rotatable bonds is 11. The second-order valence-electron chi connectivity index (χ2n) is 10.5. The van der Waals surface area contributed by atoms with Gasteiger partial charge in [-0.15, -0.1) is 11.6 Å². The molecule has 2 aliphatic heterocycles. The summed E-state index contributed by atoms with van der Waals surface area (Å²) in [4.78, 5) is 51.4. The molecule has 5 rings (SSSR count). The van der Waals surface area contributed by atoms with Gasteiger partial charge in [0.15, 0.2) is 0 Å². The molecule has 0 aromatic heterocycles. The normalized spacial score (nSPS) is 17.1. The lowest BCUT2D eigenvalue weighted by Gasteiger charge is -2.29. The molecule has 0 spiro atoms. The maximum atomic E-state index is 13.1. The molecule has 222 valence electrons. The van der Waals surface area contributed by atoms with Crippen molar-refractivity contribution in [3.05, 3.63) is 83.4 Å². The fraction of sp³-hybridized carbons (Fsp3) is 0.312. The zero-order chi connectivity index (χ0) is 30.3. The fourth-order valence-electron chi connectivity index (χ4n) is 5.00. The van der Waals surface area contributed by atoms with Crippen LogP contribution in [0.4, 0.5) is 17.1 Å². The van der Waals surface area contributed by atoms with Gasteiger partial charge in [0.05, 0.1) is 16.8 Å². The van der Waals surface area contributed by atoms with Crippen LogP contribution in [0.15, 0.2) is 77.0 Å². The van der Waals surface area contributed by atoms with E-state index in [4.69, 9.17) is 16.3 Å². The van der Waals surface area contributed by atoms with E-state index >= 15 is 0 Å². The third kappa shape index (κ3) is 7.26. The number of imide groups is 1. The Bertz CT molecular complexity index is 1540. The smallest absolute Gasteiger partial charge is 0.255 e. The zero-order valence-electron chi connectivity index (χ0n) is 23.7. The number of carbonyl (C=O) groups is 4. The van der Waals surface area contributed by atoms with Gasteiger partial charge in [0, 0.05) is 35.3 Å². The first-order chi connectivity index (χ1) is 20.8. The summed E-state index contributed by atoms with van der Waals surface area (Å²) in [6.45, 7) is 2.75. The Morgan fingerprint density at radius 3 is 2.42 bits per heavy atom. The van der Waals surface area contributed by atoms with E-state index in [0.29, 0.717) is 46.1 Å². The van der Waals surface area contributed by atoms with Gasteiger partial charge in [-0.3, -0.25) is 24.5 Å². The molecule has 11 heteroatoms. The predicted molar refractivity (Wildman–Crippen MR) is 162 cm³/mol. The first kappa shape index (κ1) is 29.9. The first-order valence-electron chi connectivity index (χ1n) is 14.3. The van der Waals surface area contributed by atoms with E-state index in [1.807, 2.05) is 12.1 Å². The van der Waals surface area contributed by atoms with E-state index in [-0.39, 0.29) is 42.5 Å². The number of unbranched alkanes of at least 4 members (excludes halogenated alkanes) is 1. The van der Waals surface area contributed by atoms with Gasteiger partial charge in [0.25, 0.3) is 11.8 Å². The monoisotopic (exact) mass is 601 g/mol. The molecule has 2 N–H and O–H groups in total. The molecule has 1 saturated heterocycles. The van der Waals surface area contributed by atoms with Crippen molar-refractivity contribution >= 4 is 52.3 Å². The van der Waals surface area contributed by atoms with E-state index in [1.165, 1.54) is 4.90 Å². The summed E-state index contributed by atoms with van der Waals surface area (Å²) >= 11 is 6.28. The lowest BCUT2D eigenvalue weighted by Crippen LogP contribution is -2.52. The standard InChI is InChI=1S/C32H32ClN5O5/c1-2-3-5-21(33)19-43-24-14-12-23(13-15-24)37-36-22-10-8-20(9-11-22)30(40)34-27-7-4-6-25-26(27)18-38(32(25)42)28-16-17-29(39)35-31(28)41/h4,6-15,21,28H,2-3,5,16-19H2,1H3,(H,34,40)(H,35,39,41). The predicted octanol–water partition coefficient (Wildman–Crippen LogP) is 6.29. The average Bonchev–Trinajstić information content (AvgIpc) is 3.35. The van der Waals surface area contributed by atoms with Crippen molar-refractivity contribution in [2.75, 3.05) is 11.9 Å². The number of nitrogens with zero attached hydrogens (tertiary/aromatic N) is 3. The number of ether oxygens (including phenoxy) is 1. The number of carbonyl (C=O) groups excluding carboxylic acids is 4. The van der Waals surface area contributed by atoms with Crippen LogP contribution in [0.1, 0.15) is 65.3 Å². The average molecular weight is 602 g/mol. The molecule has 0 saturated carbocycles. The molecule has 43 heavy (non-hydrogen) atoms. The minimum absolute atomic E-state index is 0.0163. The lowest BCUT2D eigenvalue weighted by molar-refractivity contribution is -0.136. The summed E-state index contributed by atoms with van der Waals surface area (Å²) < 4.78 is 5.74. The second kappa shape index (κ2) is 13.6. The van der Waals surface area contributed by atoms with Crippen LogP contribution >= 0.6 is 11.6 Å². The Morgan fingerprint density at radius 1 is 1.05 bits per heavy atom. The first-order valence-corrected chi connectivity index (χ1v) is 14.7. The van der Waals surface area contributed by atoms with Crippen LogP contribution in [0, 0.1) is 0 Å². The maximum absolute atomic E-state index is 13.1. The van der Waals surface area contributed by atoms with Gasteiger partial charge < -0.3 is 15.0 Å². The Morgan fingerprint density at radius 2 is 1.74 bits per heavy atom. The number of nitrogens with one attached hydrogen (secondary N) is 2. The molecule has 3 aromatic carbocycles. The molecule has 1 fully saturated rings. The highest BCUT2D eigenvalue weighted by atomic mass is 35.5. The van der Waals surface area contributed by atoms with Crippen molar-refractivity contribution in [1.29, 1.82) is 0 Å². The minimum atomic E-state index is -0.729. The molecule has 0 aliphatic carbocycles. The number of alkyl halides is 1. The van der Waals surface area contributed by atoms with Crippen molar-refractivity contribution < 1.29 is 23.9 Å². The Hall–Kier alpha value is -4.57. The van der Waals surface area contributed by atoms with Crippen molar-refractivity contribution in [3.8, 4) is 5.75 Å². The maximum Gasteiger partial charge on any atom is 0.255 e.